The Hall–Kier alpha value is -2.56. The predicted octanol–water partition coefficient (Wildman–Crippen LogP) is 2.20. The maximum absolute atomic E-state index is 12.4. The normalized spacial score (nSPS) is 14.9. The lowest BCUT2D eigenvalue weighted by atomic mass is 10.2. The number of nitrogens with one attached hydrogen (secondary N) is 1. The Morgan fingerprint density at radius 2 is 1.79 bits per heavy atom. The number of nitrogens with zero attached hydrogens (tertiary/aromatic N) is 2. The molecule has 0 bridgehead atoms. The molecule has 7 heteroatoms. The summed E-state index contributed by atoms with van der Waals surface area (Å²) in [4.78, 5) is 2.26. The van der Waals surface area contributed by atoms with E-state index in [0.29, 0.717) is 24.5 Å². The highest BCUT2D eigenvalue weighted by atomic mass is 32.2. The molecule has 6 nitrogen and oxygen atoms in total. The maximum atomic E-state index is 12.4. The Morgan fingerprint density at radius 1 is 1.08 bits per heavy atom. The lowest BCUT2D eigenvalue weighted by molar-refractivity contribution is 0.122. The molecule has 0 radical (unpaired) electrons. The van der Waals surface area contributed by atoms with Crippen LogP contribution in [-0.2, 0) is 14.8 Å². The van der Waals surface area contributed by atoms with Gasteiger partial charge in [0.1, 0.15) is 0 Å². The first-order valence-corrected chi connectivity index (χ1v) is 9.02. The average molecular weight is 343 g/mol. The molecule has 124 valence electrons. The molecule has 2 aromatic carbocycles. The second-order valence-corrected chi connectivity index (χ2v) is 7.07. The van der Waals surface area contributed by atoms with Gasteiger partial charge >= 0.3 is 0 Å². The molecule has 0 amide bonds. The Labute approximate surface area is 141 Å². The summed E-state index contributed by atoms with van der Waals surface area (Å²) in [7, 11) is -3.72. The molecule has 1 aliphatic heterocycles. The van der Waals surface area contributed by atoms with E-state index in [4.69, 9.17) is 10.00 Å². The van der Waals surface area contributed by atoms with Crippen LogP contribution >= 0.6 is 0 Å². The molecule has 1 heterocycles. The van der Waals surface area contributed by atoms with Crippen molar-refractivity contribution in [1.29, 1.82) is 5.26 Å². The summed E-state index contributed by atoms with van der Waals surface area (Å²) in [5.41, 5.74) is 1.82. The van der Waals surface area contributed by atoms with Crippen molar-refractivity contribution in [3.05, 3.63) is 54.1 Å². The van der Waals surface area contributed by atoms with Gasteiger partial charge in [-0.3, -0.25) is 4.72 Å². The largest absolute Gasteiger partial charge is 0.378 e. The highest BCUT2D eigenvalue weighted by Crippen LogP contribution is 2.21. The summed E-state index contributed by atoms with van der Waals surface area (Å²) >= 11 is 0. The van der Waals surface area contributed by atoms with E-state index in [1.165, 1.54) is 12.1 Å². The van der Waals surface area contributed by atoms with Crippen LogP contribution in [0.3, 0.4) is 0 Å². The first-order chi connectivity index (χ1) is 11.6. The minimum Gasteiger partial charge on any atom is -0.378 e. The van der Waals surface area contributed by atoms with Crippen molar-refractivity contribution < 1.29 is 13.2 Å². The summed E-state index contributed by atoms with van der Waals surface area (Å²) in [6, 6.07) is 15.1. The summed E-state index contributed by atoms with van der Waals surface area (Å²) in [6.07, 6.45) is 0. The highest BCUT2D eigenvalue weighted by Gasteiger charge is 2.15. The molecule has 1 fully saturated rings. The van der Waals surface area contributed by atoms with Gasteiger partial charge in [0.25, 0.3) is 10.0 Å². The van der Waals surface area contributed by atoms with Crippen LogP contribution in [0.5, 0.6) is 0 Å². The number of rotatable bonds is 4. The van der Waals surface area contributed by atoms with Crippen molar-refractivity contribution in [3.8, 4) is 6.07 Å². The van der Waals surface area contributed by atoms with E-state index in [0.717, 1.165) is 18.8 Å². The third kappa shape index (κ3) is 3.67. The topological polar surface area (TPSA) is 82.4 Å². The van der Waals surface area contributed by atoms with Crippen LogP contribution in [0.25, 0.3) is 0 Å². The second kappa shape index (κ2) is 6.91. The number of ether oxygens (including phenoxy) is 1. The summed E-state index contributed by atoms with van der Waals surface area (Å²) < 4.78 is 32.7. The van der Waals surface area contributed by atoms with Crippen molar-refractivity contribution in [2.75, 3.05) is 35.9 Å². The molecule has 1 aliphatic rings. The molecule has 0 aliphatic carbocycles. The first-order valence-electron chi connectivity index (χ1n) is 7.54. The van der Waals surface area contributed by atoms with Gasteiger partial charge in [0.05, 0.1) is 29.7 Å². The lowest BCUT2D eigenvalue weighted by Crippen LogP contribution is -2.36. The first kappa shape index (κ1) is 16.3. The van der Waals surface area contributed by atoms with Gasteiger partial charge in [-0.1, -0.05) is 6.07 Å². The van der Waals surface area contributed by atoms with E-state index in [-0.39, 0.29) is 4.90 Å². The number of hydrogen-bond acceptors (Lipinski definition) is 5. The SMILES string of the molecule is N#Cc1cccc(S(=O)(=O)Nc2ccc(N3CCOCC3)cc2)c1. The Balaban J connectivity index is 1.76. The number of benzene rings is 2. The number of nitriles is 1. The van der Waals surface area contributed by atoms with Gasteiger partial charge in [-0.05, 0) is 42.5 Å². The second-order valence-electron chi connectivity index (χ2n) is 5.39. The Kier molecular flexibility index (Phi) is 4.69. The van der Waals surface area contributed by atoms with Crippen LogP contribution in [0.1, 0.15) is 5.56 Å². The van der Waals surface area contributed by atoms with E-state index in [2.05, 4.69) is 9.62 Å². The minimum absolute atomic E-state index is 0.0683. The molecule has 1 saturated heterocycles. The Bertz CT molecular complexity index is 851. The van der Waals surface area contributed by atoms with Gasteiger partial charge in [0.15, 0.2) is 0 Å². The van der Waals surface area contributed by atoms with Crippen molar-refractivity contribution in [2.24, 2.45) is 0 Å². The quantitative estimate of drug-likeness (QED) is 0.920. The molecule has 1 N–H and O–H groups in total. The molecule has 24 heavy (non-hydrogen) atoms. The fourth-order valence-corrected chi connectivity index (χ4v) is 3.61. The molecule has 0 saturated carbocycles. The van der Waals surface area contributed by atoms with Gasteiger partial charge in [-0.25, -0.2) is 8.42 Å². The zero-order valence-electron chi connectivity index (χ0n) is 13.0. The molecule has 0 unspecified atom stereocenters. The van der Waals surface area contributed by atoms with E-state index in [1.807, 2.05) is 18.2 Å². The molecule has 3 rings (SSSR count). The zero-order valence-corrected chi connectivity index (χ0v) is 13.8. The van der Waals surface area contributed by atoms with Gasteiger partial charge in [-0.2, -0.15) is 5.26 Å². The van der Waals surface area contributed by atoms with Crippen LogP contribution in [0.4, 0.5) is 11.4 Å². The molecule has 2 aromatic rings. The van der Waals surface area contributed by atoms with E-state index in [1.54, 1.807) is 24.3 Å². The number of anilines is 2. The van der Waals surface area contributed by atoms with Gasteiger partial charge in [-0.15, -0.1) is 0 Å². The third-order valence-corrected chi connectivity index (χ3v) is 5.15. The van der Waals surface area contributed by atoms with Gasteiger partial charge in [0.2, 0.25) is 0 Å². The fourth-order valence-electron chi connectivity index (χ4n) is 2.51. The van der Waals surface area contributed by atoms with Crippen LogP contribution in [0.15, 0.2) is 53.4 Å². The van der Waals surface area contributed by atoms with Gasteiger partial charge in [0, 0.05) is 24.5 Å². The standard InChI is InChI=1S/C17H17N3O3S/c18-13-14-2-1-3-17(12-14)24(21,22)19-15-4-6-16(7-5-15)20-8-10-23-11-9-20/h1-7,12,19H,8-11H2. The van der Waals surface area contributed by atoms with Crippen molar-refractivity contribution in [1.82, 2.24) is 0 Å². The number of morpholine rings is 1. The Morgan fingerprint density at radius 3 is 2.46 bits per heavy atom. The van der Waals surface area contributed by atoms with E-state index >= 15 is 0 Å². The summed E-state index contributed by atoms with van der Waals surface area (Å²) in [5, 5.41) is 8.89. The number of sulfonamides is 1. The van der Waals surface area contributed by atoms with Crippen LogP contribution in [-0.4, -0.2) is 34.7 Å². The predicted molar refractivity (Wildman–Crippen MR) is 91.4 cm³/mol. The molecular weight excluding hydrogens is 326 g/mol. The fraction of sp³-hybridized carbons (Fsp3) is 0.235. The summed E-state index contributed by atoms with van der Waals surface area (Å²) in [5.74, 6) is 0. The van der Waals surface area contributed by atoms with Crippen molar-refractivity contribution >= 4 is 21.4 Å². The zero-order chi connectivity index (χ0) is 17.0. The minimum atomic E-state index is -3.72. The van der Waals surface area contributed by atoms with Crippen LogP contribution in [0.2, 0.25) is 0 Å². The molecule has 0 spiro atoms. The van der Waals surface area contributed by atoms with Crippen LogP contribution in [0, 0.1) is 11.3 Å². The molecule has 0 aromatic heterocycles. The maximum Gasteiger partial charge on any atom is 0.261 e. The van der Waals surface area contributed by atoms with Gasteiger partial charge < -0.3 is 9.64 Å². The van der Waals surface area contributed by atoms with E-state index < -0.39 is 10.0 Å². The average Bonchev–Trinajstić information content (AvgIpc) is 2.63. The van der Waals surface area contributed by atoms with Crippen molar-refractivity contribution in [3.63, 3.8) is 0 Å². The third-order valence-electron chi connectivity index (χ3n) is 3.77. The lowest BCUT2D eigenvalue weighted by Gasteiger charge is -2.28. The molecule has 0 atom stereocenters. The van der Waals surface area contributed by atoms with E-state index in [9.17, 15) is 8.42 Å². The highest BCUT2D eigenvalue weighted by molar-refractivity contribution is 7.92. The number of hydrogen-bond donors (Lipinski definition) is 1. The smallest absolute Gasteiger partial charge is 0.261 e. The molecular formula is C17H17N3O3S. The van der Waals surface area contributed by atoms with Crippen LogP contribution < -0.4 is 9.62 Å². The summed E-state index contributed by atoms with van der Waals surface area (Å²) in [6.45, 7) is 3.05. The van der Waals surface area contributed by atoms with Crippen molar-refractivity contribution in [2.45, 2.75) is 4.90 Å². The monoisotopic (exact) mass is 343 g/mol.